The molecule has 0 unspecified atom stereocenters. The molecule has 4 fully saturated rings. The third-order valence-electron chi connectivity index (χ3n) is 5.67. The van der Waals surface area contributed by atoms with Crippen molar-refractivity contribution in [2.75, 3.05) is 0 Å². The summed E-state index contributed by atoms with van der Waals surface area (Å²) >= 11 is 0. The molecule has 96 valence electrons. The summed E-state index contributed by atoms with van der Waals surface area (Å²) in [5.41, 5.74) is 0.838. The van der Waals surface area contributed by atoms with E-state index in [4.69, 9.17) is 0 Å². The minimum atomic E-state index is 0.838. The fourth-order valence-corrected chi connectivity index (χ4v) is 4.24. The maximum absolute atomic E-state index is 1.64. The molecule has 0 spiro atoms. The van der Waals surface area contributed by atoms with Crippen LogP contribution < -0.4 is 0 Å². The average Bonchev–Trinajstić information content (AvgIpc) is 3.12. The Morgan fingerprint density at radius 2 is 0.706 bits per heavy atom. The summed E-state index contributed by atoms with van der Waals surface area (Å²) in [6.07, 6.45) is 19.1. The monoisotopic (exact) mass is 232 g/mol. The van der Waals surface area contributed by atoms with Crippen molar-refractivity contribution in [2.45, 2.75) is 77.0 Å². The van der Waals surface area contributed by atoms with E-state index >= 15 is 0 Å². The Bertz CT molecular complexity index is 215. The van der Waals surface area contributed by atoms with Crippen LogP contribution in [0.3, 0.4) is 0 Å². The smallest absolute Gasteiger partial charge is 0.0287 e. The molecule has 0 aromatic heterocycles. The summed E-state index contributed by atoms with van der Waals surface area (Å²) in [6.45, 7) is 0. The maximum atomic E-state index is 1.64. The number of hydrogen-bond acceptors (Lipinski definition) is 0. The lowest BCUT2D eigenvalue weighted by Crippen LogP contribution is -2.24. The maximum Gasteiger partial charge on any atom is -0.0287 e. The summed E-state index contributed by atoms with van der Waals surface area (Å²) in [4.78, 5) is 0. The van der Waals surface area contributed by atoms with Crippen LogP contribution in [-0.2, 0) is 0 Å². The van der Waals surface area contributed by atoms with E-state index in [-0.39, 0.29) is 0 Å². The summed E-state index contributed by atoms with van der Waals surface area (Å²) in [7, 11) is 0. The van der Waals surface area contributed by atoms with Gasteiger partial charge in [-0.05, 0) is 54.8 Å². The number of hydrogen-bond donors (Lipinski definition) is 0. The molecule has 0 heterocycles. The molecule has 0 aliphatic heterocycles. The summed E-state index contributed by atoms with van der Waals surface area (Å²) in [5, 5.41) is 0. The molecule has 0 amide bonds. The zero-order valence-corrected chi connectivity index (χ0v) is 11.3. The molecule has 0 aromatic carbocycles. The zero-order valence-electron chi connectivity index (χ0n) is 11.3. The Labute approximate surface area is 107 Å². The van der Waals surface area contributed by atoms with Crippen molar-refractivity contribution in [2.24, 2.45) is 29.1 Å². The average molecular weight is 232 g/mol. The first kappa shape index (κ1) is 10.9. The minimum absolute atomic E-state index is 0.838. The van der Waals surface area contributed by atoms with Gasteiger partial charge in [0.2, 0.25) is 0 Å². The largest absolute Gasteiger partial charge is 0.0502 e. The van der Waals surface area contributed by atoms with Crippen LogP contribution in [0.15, 0.2) is 0 Å². The van der Waals surface area contributed by atoms with Gasteiger partial charge in [0.1, 0.15) is 0 Å². The van der Waals surface area contributed by atoms with E-state index in [1.54, 1.807) is 77.0 Å². The van der Waals surface area contributed by atoms with Gasteiger partial charge in [-0.1, -0.05) is 51.4 Å². The van der Waals surface area contributed by atoms with Crippen LogP contribution in [0.4, 0.5) is 0 Å². The molecule has 17 heavy (non-hydrogen) atoms. The highest BCUT2D eigenvalue weighted by atomic mass is 14.5. The van der Waals surface area contributed by atoms with Crippen molar-refractivity contribution in [3.05, 3.63) is 0 Å². The molecule has 0 radical (unpaired) electrons. The third-order valence-corrected chi connectivity index (χ3v) is 5.67. The molecule has 0 nitrogen and oxygen atoms in total. The lowest BCUT2D eigenvalue weighted by atomic mass is 9.70. The molecular formula is C17H28. The van der Waals surface area contributed by atoms with Crippen molar-refractivity contribution in [1.29, 1.82) is 0 Å². The SMILES string of the molecule is C1CC1CC(CC1CC1)(CC1CC1)CC1CC1. The van der Waals surface area contributed by atoms with Crippen LogP contribution in [0.2, 0.25) is 0 Å². The fourth-order valence-electron chi connectivity index (χ4n) is 4.24. The summed E-state index contributed by atoms with van der Waals surface area (Å²) in [5.74, 6) is 4.63. The van der Waals surface area contributed by atoms with Crippen LogP contribution >= 0.6 is 0 Å². The quantitative estimate of drug-likeness (QED) is 0.541. The van der Waals surface area contributed by atoms with E-state index < -0.39 is 0 Å². The topological polar surface area (TPSA) is 0 Å². The highest BCUT2D eigenvalue weighted by Crippen LogP contribution is 2.58. The Morgan fingerprint density at radius 3 is 0.882 bits per heavy atom. The van der Waals surface area contributed by atoms with E-state index in [2.05, 4.69) is 0 Å². The molecule has 4 aliphatic rings. The molecule has 4 saturated carbocycles. The highest BCUT2D eigenvalue weighted by molar-refractivity contribution is 4.97. The first-order chi connectivity index (χ1) is 8.31. The van der Waals surface area contributed by atoms with Crippen LogP contribution in [-0.4, -0.2) is 0 Å². The first-order valence-electron chi connectivity index (χ1n) is 8.31. The van der Waals surface area contributed by atoms with E-state index in [0.717, 1.165) is 29.1 Å². The van der Waals surface area contributed by atoms with Gasteiger partial charge in [-0.3, -0.25) is 0 Å². The molecule has 4 rings (SSSR count). The van der Waals surface area contributed by atoms with Gasteiger partial charge in [-0.2, -0.15) is 0 Å². The third kappa shape index (κ3) is 3.06. The normalized spacial score (nSPS) is 29.6. The molecule has 0 aromatic rings. The van der Waals surface area contributed by atoms with Crippen molar-refractivity contribution in [1.82, 2.24) is 0 Å². The molecule has 0 N–H and O–H groups in total. The second kappa shape index (κ2) is 4.00. The molecule has 0 bridgehead atoms. The lowest BCUT2D eigenvalue weighted by Gasteiger charge is -2.35. The molecule has 0 heteroatoms. The number of rotatable bonds is 8. The van der Waals surface area contributed by atoms with Gasteiger partial charge in [0, 0.05) is 0 Å². The molecule has 0 saturated heterocycles. The van der Waals surface area contributed by atoms with Crippen molar-refractivity contribution in [3.63, 3.8) is 0 Å². The van der Waals surface area contributed by atoms with E-state index in [1.807, 2.05) is 0 Å². The van der Waals surface area contributed by atoms with Gasteiger partial charge in [-0.25, -0.2) is 0 Å². The van der Waals surface area contributed by atoms with E-state index in [0.29, 0.717) is 0 Å². The van der Waals surface area contributed by atoms with Crippen LogP contribution in [0.25, 0.3) is 0 Å². The summed E-state index contributed by atoms with van der Waals surface area (Å²) in [6, 6.07) is 0. The van der Waals surface area contributed by atoms with Gasteiger partial charge in [0.25, 0.3) is 0 Å². The minimum Gasteiger partial charge on any atom is -0.0502 e. The Morgan fingerprint density at radius 1 is 0.471 bits per heavy atom. The van der Waals surface area contributed by atoms with Gasteiger partial charge in [0.15, 0.2) is 0 Å². The lowest BCUT2D eigenvalue weighted by molar-refractivity contribution is 0.155. The van der Waals surface area contributed by atoms with Gasteiger partial charge >= 0.3 is 0 Å². The van der Waals surface area contributed by atoms with Crippen LogP contribution in [0.1, 0.15) is 77.0 Å². The van der Waals surface area contributed by atoms with E-state index in [1.165, 1.54) is 0 Å². The van der Waals surface area contributed by atoms with Crippen LogP contribution in [0.5, 0.6) is 0 Å². The molecular weight excluding hydrogens is 204 g/mol. The van der Waals surface area contributed by atoms with E-state index in [9.17, 15) is 0 Å². The Kier molecular flexibility index (Phi) is 2.56. The van der Waals surface area contributed by atoms with Gasteiger partial charge in [0.05, 0.1) is 0 Å². The van der Waals surface area contributed by atoms with Crippen LogP contribution in [0, 0.1) is 29.1 Å². The highest BCUT2D eigenvalue weighted by Gasteiger charge is 2.46. The standard InChI is InChI=1S/C17H28/c1-2-13(1)9-17(10-14-3-4-14,11-15-5-6-15)12-16-7-8-16/h13-16H,1-12H2. The van der Waals surface area contributed by atoms with Crippen molar-refractivity contribution in [3.8, 4) is 0 Å². The van der Waals surface area contributed by atoms with Gasteiger partial charge < -0.3 is 0 Å². The second-order valence-corrected chi connectivity index (χ2v) is 8.09. The molecule has 0 atom stereocenters. The fraction of sp³-hybridized carbons (Fsp3) is 1.00. The predicted octanol–water partition coefficient (Wildman–Crippen LogP) is 5.17. The zero-order chi connectivity index (χ0) is 11.3. The van der Waals surface area contributed by atoms with Gasteiger partial charge in [-0.15, -0.1) is 0 Å². The Balaban J connectivity index is 1.46. The first-order valence-corrected chi connectivity index (χ1v) is 8.31. The molecule has 4 aliphatic carbocycles. The second-order valence-electron chi connectivity index (χ2n) is 8.09. The van der Waals surface area contributed by atoms with Crippen molar-refractivity contribution < 1.29 is 0 Å². The predicted molar refractivity (Wildman–Crippen MR) is 71.8 cm³/mol. The summed E-state index contributed by atoms with van der Waals surface area (Å²) < 4.78 is 0. The van der Waals surface area contributed by atoms with Crippen molar-refractivity contribution >= 4 is 0 Å². The Hall–Kier alpha value is 0.